The number of ketones is 2. The van der Waals surface area contributed by atoms with Crippen LogP contribution in [0.4, 0.5) is 5.69 Å². The van der Waals surface area contributed by atoms with Crippen LogP contribution < -0.4 is 10.6 Å². The lowest BCUT2D eigenvalue weighted by Gasteiger charge is -2.19. The number of unbranched alkanes of at least 4 members (excludes halogenated alkanes) is 1. The smallest absolute Gasteiger partial charge is 0.356 e. The van der Waals surface area contributed by atoms with Crippen LogP contribution in [0, 0.1) is 0 Å². The van der Waals surface area contributed by atoms with Gasteiger partial charge in [0, 0.05) is 69.3 Å². The number of benzene rings is 1. The highest BCUT2D eigenvalue weighted by Gasteiger charge is 2.46. The predicted octanol–water partition coefficient (Wildman–Crippen LogP) is 2.07. The molecule has 0 radical (unpaired) electrons. The standard InChI is InChI=1S/C27H39N3O4.2O3S/c1-7-10-15-30-18(4)27(5,6)26-20(23(32)12-14-25(34)29-9-3)16-19(17-21(26)30)22(31)11-13-24(33)28-8-2;2*1-4(2)3/h16-17H,7-15H2,1-6H3,(H-,28,29,33,34);;/p+1. The number of carbonyl (C=O) groups excluding carboxylic acids is 4. The van der Waals surface area contributed by atoms with Crippen molar-refractivity contribution in [2.45, 2.75) is 85.5 Å². The molecule has 0 fully saturated rings. The van der Waals surface area contributed by atoms with Gasteiger partial charge in [-0.25, -0.2) is 0 Å². The first-order valence-electron chi connectivity index (χ1n) is 13.5. The van der Waals surface area contributed by atoms with Crippen molar-refractivity contribution < 1.29 is 49.0 Å². The maximum Gasteiger partial charge on any atom is 0.425 e. The molecular weight excluding hydrogens is 590 g/mol. The van der Waals surface area contributed by atoms with Gasteiger partial charge in [-0.15, -0.1) is 25.3 Å². The first-order chi connectivity index (χ1) is 19.5. The molecule has 1 aliphatic rings. The zero-order valence-corrected chi connectivity index (χ0v) is 26.5. The van der Waals surface area contributed by atoms with E-state index in [2.05, 4.69) is 42.9 Å². The van der Waals surface area contributed by atoms with E-state index in [1.54, 1.807) is 6.07 Å². The van der Waals surface area contributed by atoms with Crippen molar-refractivity contribution in [3.05, 3.63) is 28.8 Å². The molecule has 0 atom stereocenters. The highest BCUT2D eigenvalue weighted by atomic mass is 32.2. The quantitative estimate of drug-likeness (QED) is 0.240. The molecule has 1 aromatic carbocycles. The minimum atomic E-state index is -3.11. The maximum absolute atomic E-state index is 13.4. The molecule has 2 N–H and O–H groups in total. The van der Waals surface area contributed by atoms with Crippen molar-refractivity contribution in [3.63, 3.8) is 0 Å². The number of fused-ring (bicyclic) bond motifs is 1. The van der Waals surface area contributed by atoms with Crippen LogP contribution in [-0.4, -0.2) is 78.6 Å². The third-order valence-electron chi connectivity index (χ3n) is 6.61. The average molecular weight is 631 g/mol. The van der Waals surface area contributed by atoms with Crippen molar-refractivity contribution >= 4 is 56.0 Å². The lowest BCUT2D eigenvalue weighted by atomic mass is 9.77. The summed E-state index contributed by atoms with van der Waals surface area (Å²) in [4.78, 5) is 50.3. The van der Waals surface area contributed by atoms with Crippen LogP contribution in [0.25, 0.3) is 0 Å². The summed E-state index contributed by atoms with van der Waals surface area (Å²) < 4.78 is 52.9. The molecular formula is C27H40N3O10S2+. The molecule has 0 aliphatic carbocycles. The lowest BCUT2D eigenvalue weighted by Crippen LogP contribution is -2.28. The maximum atomic E-state index is 13.4. The molecule has 2 rings (SSSR count). The van der Waals surface area contributed by atoms with Crippen molar-refractivity contribution in [2.24, 2.45) is 0 Å². The van der Waals surface area contributed by atoms with Gasteiger partial charge >= 0.3 is 21.2 Å². The van der Waals surface area contributed by atoms with Crippen LogP contribution in [0.15, 0.2) is 12.1 Å². The van der Waals surface area contributed by atoms with Gasteiger partial charge in [0.05, 0.1) is 11.0 Å². The van der Waals surface area contributed by atoms with Crippen LogP contribution in [0.2, 0.25) is 0 Å². The summed E-state index contributed by atoms with van der Waals surface area (Å²) in [5, 5.41) is 5.44. The molecule has 42 heavy (non-hydrogen) atoms. The summed E-state index contributed by atoms with van der Waals surface area (Å²) in [5.41, 5.74) is 3.52. The average Bonchev–Trinajstić information content (AvgIpc) is 3.08. The van der Waals surface area contributed by atoms with Gasteiger partial charge in [-0.05, 0) is 33.8 Å². The Morgan fingerprint density at radius 2 is 1.21 bits per heavy atom. The van der Waals surface area contributed by atoms with E-state index in [0.29, 0.717) is 24.2 Å². The van der Waals surface area contributed by atoms with Gasteiger partial charge in [0.1, 0.15) is 6.54 Å². The van der Waals surface area contributed by atoms with Crippen molar-refractivity contribution in [2.75, 3.05) is 19.6 Å². The summed E-state index contributed by atoms with van der Waals surface area (Å²) in [6, 6.07) is 3.56. The van der Waals surface area contributed by atoms with E-state index in [1.807, 2.05) is 19.9 Å². The first-order valence-corrected chi connectivity index (χ1v) is 15.5. The van der Waals surface area contributed by atoms with Crippen molar-refractivity contribution in [3.8, 4) is 0 Å². The summed E-state index contributed by atoms with van der Waals surface area (Å²) in [5.74, 6) is -0.623. The highest BCUT2D eigenvalue weighted by Crippen LogP contribution is 2.43. The van der Waals surface area contributed by atoms with Gasteiger partial charge < -0.3 is 10.6 Å². The second kappa shape index (κ2) is 18.8. The molecule has 15 heteroatoms. The Balaban J connectivity index is 0.00000186. The first kappa shape index (κ1) is 38.4. The molecule has 0 saturated carbocycles. The third kappa shape index (κ3) is 12.5. The fourth-order valence-corrected chi connectivity index (χ4v) is 4.49. The number of nitrogens with one attached hydrogen (secondary N) is 2. The topological polar surface area (TPSA) is 198 Å². The second-order valence-electron chi connectivity index (χ2n) is 9.80. The molecule has 0 saturated heterocycles. The lowest BCUT2D eigenvalue weighted by molar-refractivity contribution is -0.439. The number of carbonyl (C=O) groups is 4. The third-order valence-corrected chi connectivity index (χ3v) is 6.61. The fourth-order valence-electron chi connectivity index (χ4n) is 4.49. The number of hydrogen-bond donors (Lipinski definition) is 2. The van der Waals surface area contributed by atoms with Gasteiger partial charge in [-0.1, -0.05) is 13.3 Å². The van der Waals surface area contributed by atoms with E-state index in [0.717, 1.165) is 36.3 Å². The molecule has 0 bridgehead atoms. The van der Waals surface area contributed by atoms with Gasteiger partial charge in [0.2, 0.25) is 17.5 Å². The molecule has 0 unspecified atom stereocenters. The van der Waals surface area contributed by atoms with E-state index < -0.39 is 21.2 Å². The Morgan fingerprint density at radius 1 is 0.762 bits per heavy atom. The fraction of sp³-hybridized carbons (Fsp3) is 0.593. The Labute approximate surface area is 249 Å². The number of rotatable bonds is 13. The Kier molecular flexibility index (Phi) is 17.2. The molecule has 234 valence electrons. The van der Waals surface area contributed by atoms with Gasteiger partial charge in [0.25, 0.3) is 0 Å². The van der Waals surface area contributed by atoms with E-state index in [4.69, 9.17) is 25.3 Å². The molecule has 0 spiro atoms. The minimum Gasteiger partial charge on any atom is -0.356 e. The van der Waals surface area contributed by atoms with Crippen LogP contribution >= 0.6 is 0 Å². The summed E-state index contributed by atoms with van der Waals surface area (Å²) in [6.07, 6.45) is 2.41. The summed E-state index contributed by atoms with van der Waals surface area (Å²) >= 11 is 0. The molecule has 2 amide bonds. The zero-order valence-electron chi connectivity index (χ0n) is 24.9. The summed E-state index contributed by atoms with van der Waals surface area (Å²) in [6.45, 7) is 13.9. The van der Waals surface area contributed by atoms with E-state index >= 15 is 0 Å². The van der Waals surface area contributed by atoms with Crippen LogP contribution in [-0.2, 0) is 36.2 Å². The number of Topliss-reactive ketones (excluding diaryl/α,β-unsaturated/α-hetero) is 2. The highest BCUT2D eigenvalue weighted by molar-refractivity contribution is 7.59. The predicted molar refractivity (Wildman–Crippen MR) is 154 cm³/mol. The normalized spacial score (nSPS) is 12.5. The molecule has 1 aromatic rings. The van der Waals surface area contributed by atoms with Crippen molar-refractivity contribution in [1.29, 1.82) is 0 Å². The van der Waals surface area contributed by atoms with E-state index in [9.17, 15) is 19.2 Å². The van der Waals surface area contributed by atoms with E-state index in [1.165, 1.54) is 0 Å². The largest absolute Gasteiger partial charge is 0.425 e. The Bertz CT molecular complexity index is 1370. The van der Waals surface area contributed by atoms with Gasteiger partial charge in [-0.3, -0.25) is 19.2 Å². The monoisotopic (exact) mass is 630 g/mol. The number of nitrogens with zero attached hydrogens (tertiary/aromatic N) is 1. The summed E-state index contributed by atoms with van der Waals surface area (Å²) in [7, 11) is -6.22. The minimum absolute atomic E-state index is 0.0816. The van der Waals surface area contributed by atoms with Crippen molar-refractivity contribution in [1.82, 2.24) is 10.6 Å². The molecule has 1 heterocycles. The van der Waals surface area contributed by atoms with E-state index in [-0.39, 0.29) is 54.5 Å². The van der Waals surface area contributed by atoms with Gasteiger partial charge in [0.15, 0.2) is 17.3 Å². The van der Waals surface area contributed by atoms with Crippen LogP contribution in [0.3, 0.4) is 0 Å². The second-order valence-corrected chi connectivity index (χ2v) is 10.6. The Hall–Kier alpha value is -3.59. The molecule has 13 nitrogen and oxygen atoms in total. The Morgan fingerprint density at radius 3 is 1.64 bits per heavy atom. The molecule has 0 aromatic heterocycles. The SMILES string of the molecule is CCCC[N+]1=C(C)C(C)(C)c2c(C(=O)CCC(=O)NCC)cc(C(=O)CCC(=O)NCC)cc21.O=S(=O)=O.O=S(=O)=O. The van der Waals surface area contributed by atoms with Crippen LogP contribution in [0.5, 0.6) is 0 Å². The number of hydrogen-bond acceptors (Lipinski definition) is 10. The molecule has 1 aliphatic heterocycles. The zero-order chi connectivity index (χ0) is 32.6. The van der Waals surface area contributed by atoms with Crippen LogP contribution in [0.1, 0.15) is 106 Å². The van der Waals surface area contributed by atoms with Gasteiger partial charge in [-0.2, -0.15) is 4.58 Å². The number of amides is 2.